The van der Waals surface area contributed by atoms with Gasteiger partial charge in [-0.25, -0.2) is 8.42 Å². The summed E-state index contributed by atoms with van der Waals surface area (Å²) in [5, 5.41) is 2.85. The maximum Gasteiger partial charge on any atom is 0.272 e. The van der Waals surface area contributed by atoms with Gasteiger partial charge in [-0.2, -0.15) is 0 Å². The fourth-order valence-electron chi connectivity index (χ4n) is 3.98. The van der Waals surface area contributed by atoms with E-state index in [4.69, 9.17) is 4.74 Å². The van der Waals surface area contributed by atoms with Crippen molar-refractivity contribution in [1.82, 2.24) is 9.55 Å². The predicted octanol–water partition coefficient (Wildman–Crippen LogP) is 4.88. The number of aryl methyl sites for hydroxylation is 1. The number of pyridine rings is 1. The largest absolute Gasteiger partial charge is 0.457 e. The molecule has 0 fully saturated rings. The van der Waals surface area contributed by atoms with Crippen LogP contribution in [0.25, 0.3) is 32.8 Å². The Hall–Kier alpha value is -3.84. The van der Waals surface area contributed by atoms with Crippen molar-refractivity contribution in [2.24, 2.45) is 7.05 Å². The molecule has 5 aromatic rings. The van der Waals surface area contributed by atoms with Crippen LogP contribution in [0.5, 0.6) is 11.5 Å². The second-order valence-electron chi connectivity index (χ2n) is 7.76. The molecule has 0 radical (unpaired) electrons. The van der Waals surface area contributed by atoms with E-state index in [9.17, 15) is 13.2 Å². The first-order valence-electron chi connectivity index (χ1n) is 9.99. The standard InChI is InChI=1S/C25H20N2O4S/c1-27-15-22(20-11-12-26-25(28)24(20)27)21-14-19(32(2,29)30)9-10-23(21)31-18-8-7-16-5-3-4-6-17(16)13-18/h3-15H,1-2H3,(H,26,28). The highest BCUT2D eigenvalue weighted by atomic mass is 32.2. The quantitative estimate of drug-likeness (QED) is 0.428. The van der Waals surface area contributed by atoms with Gasteiger partial charge in [0.05, 0.1) is 4.90 Å². The maximum absolute atomic E-state index is 12.4. The van der Waals surface area contributed by atoms with Crippen molar-refractivity contribution >= 4 is 31.5 Å². The molecule has 160 valence electrons. The van der Waals surface area contributed by atoms with E-state index in [1.54, 1.807) is 36.0 Å². The molecule has 0 atom stereocenters. The molecule has 2 aromatic heterocycles. The molecule has 0 saturated carbocycles. The van der Waals surface area contributed by atoms with Crippen molar-refractivity contribution in [3.63, 3.8) is 0 Å². The third-order valence-corrected chi connectivity index (χ3v) is 6.63. The van der Waals surface area contributed by atoms with Gasteiger partial charge < -0.3 is 14.3 Å². The normalized spacial score (nSPS) is 11.8. The summed E-state index contributed by atoms with van der Waals surface area (Å²) < 4.78 is 32.5. The molecule has 1 N–H and O–H groups in total. The Kier molecular flexibility index (Phi) is 4.64. The first-order chi connectivity index (χ1) is 15.3. The summed E-state index contributed by atoms with van der Waals surface area (Å²) in [7, 11) is -1.65. The van der Waals surface area contributed by atoms with E-state index in [2.05, 4.69) is 4.98 Å². The number of fused-ring (bicyclic) bond motifs is 2. The minimum Gasteiger partial charge on any atom is -0.457 e. The van der Waals surface area contributed by atoms with E-state index in [0.29, 0.717) is 28.0 Å². The van der Waals surface area contributed by atoms with Crippen LogP contribution in [-0.2, 0) is 16.9 Å². The summed E-state index contributed by atoms with van der Waals surface area (Å²) in [6.45, 7) is 0. The van der Waals surface area contributed by atoms with Crippen molar-refractivity contribution in [3.05, 3.63) is 89.5 Å². The van der Waals surface area contributed by atoms with Gasteiger partial charge in [-0.05, 0) is 47.2 Å². The van der Waals surface area contributed by atoms with Gasteiger partial charge >= 0.3 is 0 Å². The summed E-state index contributed by atoms with van der Waals surface area (Å²) in [6.07, 6.45) is 4.57. The highest BCUT2D eigenvalue weighted by molar-refractivity contribution is 7.90. The van der Waals surface area contributed by atoms with Gasteiger partial charge in [0.2, 0.25) is 0 Å². The molecular formula is C25H20N2O4S. The number of benzene rings is 3. The Morgan fingerprint density at radius 3 is 2.47 bits per heavy atom. The number of aromatic nitrogens is 2. The fraction of sp³-hybridized carbons (Fsp3) is 0.0800. The van der Waals surface area contributed by atoms with Crippen LogP contribution in [0.1, 0.15) is 0 Å². The van der Waals surface area contributed by atoms with Crippen molar-refractivity contribution in [1.29, 1.82) is 0 Å². The van der Waals surface area contributed by atoms with Crippen LogP contribution in [0.3, 0.4) is 0 Å². The molecule has 32 heavy (non-hydrogen) atoms. The van der Waals surface area contributed by atoms with Crippen molar-refractivity contribution < 1.29 is 13.2 Å². The maximum atomic E-state index is 12.4. The zero-order chi connectivity index (χ0) is 22.5. The van der Waals surface area contributed by atoms with Gasteiger partial charge in [-0.1, -0.05) is 30.3 Å². The molecule has 5 rings (SSSR count). The number of aromatic amines is 1. The second kappa shape index (κ2) is 7.39. The summed E-state index contributed by atoms with van der Waals surface area (Å²) in [6, 6.07) is 20.4. The number of hydrogen-bond donors (Lipinski definition) is 1. The Morgan fingerprint density at radius 2 is 1.69 bits per heavy atom. The third kappa shape index (κ3) is 3.46. The number of nitrogens with one attached hydrogen (secondary N) is 1. The first kappa shape index (κ1) is 20.1. The molecule has 0 aliphatic heterocycles. The van der Waals surface area contributed by atoms with E-state index >= 15 is 0 Å². The molecule has 7 heteroatoms. The second-order valence-corrected chi connectivity index (χ2v) is 9.78. The summed E-state index contributed by atoms with van der Waals surface area (Å²) in [4.78, 5) is 15.2. The molecule has 3 aromatic carbocycles. The molecule has 0 aliphatic carbocycles. The van der Waals surface area contributed by atoms with E-state index in [0.717, 1.165) is 16.3 Å². The third-order valence-electron chi connectivity index (χ3n) is 5.52. The van der Waals surface area contributed by atoms with E-state index < -0.39 is 9.84 Å². The van der Waals surface area contributed by atoms with Crippen LogP contribution >= 0.6 is 0 Å². The van der Waals surface area contributed by atoms with E-state index in [1.165, 1.54) is 12.3 Å². The molecule has 0 saturated heterocycles. The lowest BCUT2D eigenvalue weighted by atomic mass is 10.0. The summed E-state index contributed by atoms with van der Waals surface area (Å²) in [5.41, 5.74) is 1.60. The number of rotatable bonds is 4. The average Bonchev–Trinajstić information content (AvgIpc) is 3.11. The number of sulfone groups is 1. The highest BCUT2D eigenvalue weighted by Gasteiger charge is 2.19. The van der Waals surface area contributed by atoms with Gasteiger partial charge in [-0.3, -0.25) is 4.79 Å². The smallest absolute Gasteiger partial charge is 0.272 e. The monoisotopic (exact) mass is 444 g/mol. The molecular weight excluding hydrogens is 424 g/mol. The zero-order valence-electron chi connectivity index (χ0n) is 17.5. The molecule has 2 heterocycles. The van der Waals surface area contributed by atoms with Gasteiger partial charge in [0.25, 0.3) is 5.56 Å². The molecule has 0 amide bonds. The van der Waals surface area contributed by atoms with Gasteiger partial charge in [0, 0.05) is 42.2 Å². The molecule has 0 unspecified atom stereocenters. The van der Waals surface area contributed by atoms with Gasteiger partial charge in [-0.15, -0.1) is 0 Å². The van der Waals surface area contributed by atoms with Crippen LogP contribution in [0.15, 0.2) is 88.8 Å². The van der Waals surface area contributed by atoms with Gasteiger partial charge in [0.15, 0.2) is 9.84 Å². The fourth-order valence-corrected chi connectivity index (χ4v) is 4.62. The lowest BCUT2D eigenvalue weighted by molar-refractivity contribution is 0.485. The Bertz CT molecular complexity index is 1660. The van der Waals surface area contributed by atoms with Crippen LogP contribution in [0.4, 0.5) is 0 Å². The first-order valence-corrected chi connectivity index (χ1v) is 11.9. The van der Waals surface area contributed by atoms with Crippen LogP contribution in [0.2, 0.25) is 0 Å². The minimum absolute atomic E-state index is 0.181. The molecule has 0 aliphatic rings. The summed E-state index contributed by atoms with van der Waals surface area (Å²) in [5.74, 6) is 1.13. The SMILES string of the molecule is Cn1cc(-c2cc(S(C)(=O)=O)ccc2Oc2ccc3ccccc3c2)c2cc[nH]c(=O)c21. The van der Waals surface area contributed by atoms with Crippen molar-refractivity contribution in [3.8, 4) is 22.6 Å². The number of hydrogen-bond acceptors (Lipinski definition) is 4. The zero-order valence-corrected chi connectivity index (χ0v) is 18.3. The number of ether oxygens (including phenoxy) is 1. The lowest BCUT2D eigenvalue weighted by Crippen LogP contribution is -2.07. The predicted molar refractivity (Wildman–Crippen MR) is 126 cm³/mol. The molecule has 0 spiro atoms. The number of H-pyrrole nitrogens is 1. The van der Waals surface area contributed by atoms with Crippen LogP contribution in [0, 0.1) is 0 Å². The Labute approximate surface area is 184 Å². The van der Waals surface area contributed by atoms with Gasteiger partial charge in [0.1, 0.15) is 17.0 Å². The average molecular weight is 445 g/mol. The van der Waals surface area contributed by atoms with Crippen LogP contribution in [-0.4, -0.2) is 24.2 Å². The topological polar surface area (TPSA) is 81.2 Å². The van der Waals surface area contributed by atoms with Crippen LogP contribution < -0.4 is 10.3 Å². The lowest BCUT2D eigenvalue weighted by Gasteiger charge is -2.13. The molecule has 0 bridgehead atoms. The highest BCUT2D eigenvalue weighted by Crippen LogP contribution is 2.39. The minimum atomic E-state index is -3.44. The van der Waals surface area contributed by atoms with Crippen molar-refractivity contribution in [2.45, 2.75) is 4.90 Å². The summed E-state index contributed by atoms with van der Waals surface area (Å²) >= 11 is 0. The number of nitrogens with zero attached hydrogens (tertiary/aromatic N) is 1. The van der Waals surface area contributed by atoms with E-state index in [1.807, 2.05) is 48.7 Å². The Balaban J connectivity index is 1.72. The van der Waals surface area contributed by atoms with E-state index in [-0.39, 0.29) is 10.5 Å². The Morgan fingerprint density at radius 1 is 0.906 bits per heavy atom. The van der Waals surface area contributed by atoms with Crippen molar-refractivity contribution in [2.75, 3.05) is 6.26 Å². The molecule has 6 nitrogen and oxygen atoms in total.